The molecular weight excluding hydrogens is 628 g/mol. The second-order valence-electron chi connectivity index (χ2n) is 13.3. The number of fused-ring (bicyclic) bond motifs is 4. The summed E-state index contributed by atoms with van der Waals surface area (Å²) < 4.78 is 47.3. The molecule has 0 unspecified atom stereocenters. The summed E-state index contributed by atoms with van der Waals surface area (Å²) in [5, 5.41) is 11.0. The Morgan fingerprint density at radius 1 is 1.17 bits per heavy atom. The molecule has 2 aromatic rings. The first-order valence-electron chi connectivity index (χ1n) is 16.5. The topological polar surface area (TPSA) is 114 Å². The predicted octanol–water partition coefficient (Wildman–Crippen LogP) is 5.03. The average Bonchev–Trinajstić information content (AvgIpc) is 3.15. The van der Waals surface area contributed by atoms with Crippen LogP contribution in [0.3, 0.4) is 0 Å². The molecule has 0 saturated heterocycles. The van der Waals surface area contributed by atoms with Crippen LogP contribution in [0.2, 0.25) is 5.02 Å². The molecule has 2 N–H and O–H groups in total. The van der Waals surface area contributed by atoms with Crippen LogP contribution < -0.4 is 14.4 Å². The number of carbonyl (C=O) groups is 1. The number of carbonyl (C=O) groups excluding carboxylic acids is 1. The highest BCUT2D eigenvalue weighted by Crippen LogP contribution is 2.46. The summed E-state index contributed by atoms with van der Waals surface area (Å²) in [6.07, 6.45) is 7.55. The minimum atomic E-state index is -4.13. The van der Waals surface area contributed by atoms with Gasteiger partial charge in [-0.2, -0.15) is 0 Å². The maximum atomic E-state index is 13.7. The second kappa shape index (κ2) is 13.8. The van der Waals surface area contributed by atoms with Gasteiger partial charge in [0.1, 0.15) is 11.0 Å². The van der Waals surface area contributed by atoms with E-state index in [0.29, 0.717) is 32.1 Å². The lowest BCUT2D eigenvalue weighted by molar-refractivity contribution is 0.0156. The standard InChI is InChI=1S/C35H45ClN2O7S/c1-3-33-32(44-17-16-43-2)8-4-7-30(39)27-12-9-25(27)20-38-21-35(15-5-6-23-18-26(36)11-13-28(23)35)22-45-31-14-10-24(19-29(31)38)34(40)37-46(33,41)42/h4,7,10-11,13-14,18-19,25,27,30,32-33,39H,3,5-6,8-9,12,15-17,20-22H2,1-2H3,(H,37,40)/b7-4+/t25-,27+,30-,32-,33-,35-/m0/s1. The summed E-state index contributed by atoms with van der Waals surface area (Å²) >= 11 is 6.40. The van der Waals surface area contributed by atoms with Gasteiger partial charge in [0.05, 0.1) is 37.7 Å². The fourth-order valence-corrected chi connectivity index (χ4v) is 9.61. The Morgan fingerprint density at radius 3 is 2.78 bits per heavy atom. The first-order chi connectivity index (χ1) is 22.1. The molecule has 46 heavy (non-hydrogen) atoms. The van der Waals surface area contributed by atoms with Crippen molar-refractivity contribution in [1.29, 1.82) is 0 Å². The molecule has 2 aliphatic heterocycles. The van der Waals surface area contributed by atoms with Crippen molar-refractivity contribution in [2.75, 3.05) is 44.9 Å². The van der Waals surface area contributed by atoms with E-state index in [1.165, 1.54) is 11.1 Å². The number of aryl methyl sites for hydroxylation is 1. The van der Waals surface area contributed by atoms with Gasteiger partial charge in [0.15, 0.2) is 0 Å². The number of hydrogen-bond acceptors (Lipinski definition) is 8. The van der Waals surface area contributed by atoms with Crippen LogP contribution in [0.1, 0.15) is 66.9 Å². The third-order valence-corrected chi connectivity index (χ3v) is 12.6. The minimum Gasteiger partial charge on any atom is -0.490 e. The Hall–Kier alpha value is -2.63. The van der Waals surface area contributed by atoms with E-state index in [0.717, 1.165) is 42.8 Å². The quantitative estimate of drug-likeness (QED) is 0.336. The van der Waals surface area contributed by atoms with E-state index in [9.17, 15) is 18.3 Å². The van der Waals surface area contributed by atoms with E-state index < -0.39 is 33.4 Å². The van der Waals surface area contributed by atoms with Crippen LogP contribution in [-0.2, 0) is 31.3 Å². The molecule has 1 saturated carbocycles. The molecule has 0 aromatic heterocycles. The number of halogens is 1. The maximum Gasteiger partial charge on any atom is 0.264 e. The highest BCUT2D eigenvalue weighted by atomic mass is 35.5. The molecule has 1 fully saturated rings. The van der Waals surface area contributed by atoms with Crippen molar-refractivity contribution in [3.8, 4) is 5.75 Å². The molecule has 11 heteroatoms. The summed E-state index contributed by atoms with van der Waals surface area (Å²) in [7, 11) is -2.57. The fraction of sp³-hybridized carbons (Fsp3) is 0.571. The van der Waals surface area contributed by atoms with Crippen LogP contribution in [0.5, 0.6) is 5.75 Å². The van der Waals surface area contributed by atoms with Crippen molar-refractivity contribution in [3.63, 3.8) is 0 Å². The molecule has 4 aliphatic rings. The van der Waals surface area contributed by atoms with Crippen LogP contribution in [0, 0.1) is 11.8 Å². The van der Waals surface area contributed by atoms with Gasteiger partial charge in [-0.1, -0.05) is 36.7 Å². The summed E-state index contributed by atoms with van der Waals surface area (Å²) in [6.45, 7) is 4.12. The van der Waals surface area contributed by atoms with E-state index in [4.69, 9.17) is 25.8 Å². The number of benzene rings is 2. The van der Waals surface area contributed by atoms with Crippen LogP contribution in [0.25, 0.3) is 0 Å². The van der Waals surface area contributed by atoms with Gasteiger partial charge in [0.2, 0.25) is 10.0 Å². The lowest BCUT2D eigenvalue weighted by atomic mass is 9.68. The zero-order chi connectivity index (χ0) is 32.5. The van der Waals surface area contributed by atoms with E-state index in [-0.39, 0.29) is 42.3 Å². The van der Waals surface area contributed by atoms with E-state index >= 15 is 0 Å². The number of anilines is 1. The fourth-order valence-electron chi connectivity index (χ4n) is 7.86. The van der Waals surface area contributed by atoms with Gasteiger partial charge < -0.3 is 24.2 Å². The predicted molar refractivity (Wildman–Crippen MR) is 178 cm³/mol. The van der Waals surface area contributed by atoms with Gasteiger partial charge in [0.25, 0.3) is 5.91 Å². The van der Waals surface area contributed by atoms with Crippen molar-refractivity contribution in [1.82, 2.24) is 4.72 Å². The number of nitrogens with zero attached hydrogens (tertiary/aromatic N) is 1. The molecule has 6 atom stereocenters. The van der Waals surface area contributed by atoms with Crippen LogP contribution >= 0.6 is 11.6 Å². The first-order valence-corrected chi connectivity index (χ1v) is 18.4. The van der Waals surface area contributed by atoms with E-state index in [2.05, 4.69) is 21.8 Å². The molecule has 1 amide bonds. The number of aliphatic hydroxyl groups is 1. The van der Waals surface area contributed by atoms with Gasteiger partial charge in [-0.05, 0) is 98.2 Å². The summed E-state index contributed by atoms with van der Waals surface area (Å²) in [5.74, 6) is 0.273. The average molecular weight is 673 g/mol. The molecule has 250 valence electrons. The second-order valence-corrected chi connectivity index (χ2v) is 15.6. The van der Waals surface area contributed by atoms with Gasteiger partial charge in [-0.3, -0.25) is 4.79 Å². The maximum absolute atomic E-state index is 13.7. The Kier molecular flexibility index (Phi) is 10.0. The smallest absolute Gasteiger partial charge is 0.264 e. The molecule has 9 nitrogen and oxygen atoms in total. The van der Waals surface area contributed by atoms with Crippen LogP contribution in [0.4, 0.5) is 5.69 Å². The van der Waals surface area contributed by atoms with Crippen molar-refractivity contribution >= 4 is 33.2 Å². The molecular formula is C35H45ClN2O7S. The third kappa shape index (κ3) is 6.69. The largest absolute Gasteiger partial charge is 0.490 e. The zero-order valence-corrected chi connectivity index (χ0v) is 28.2. The summed E-state index contributed by atoms with van der Waals surface area (Å²) in [4.78, 5) is 15.9. The number of nitrogens with one attached hydrogen (secondary N) is 1. The number of aliphatic hydroxyl groups excluding tert-OH is 1. The molecule has 2 aromatic carbocycles. The van der Waals surface area contributed by atoms with Crippen molar-refractivity contribution in [3.05, 3.63) is 70.3 Å². The first kappa shape index (κ1) is 33.3. The van der Waals surface area contributed by atoms with Gasteiger partial charge in [-0.25, -0.2) is 13.1 Å². The van der Waals surface area contributed by atoms with E-state index in [1.54, 1.807) is 38.3 Å². The molecule has 0 radical (unpaired) electrons. The number of rotatable bonds is 5. The number of ether oxygens (including phenoxy) is 3. The number of methoxy groups -OCH3 is 1. The molecule has 6 rings (SSSR count). The number of sulfonamides is 1. The van der Waals surface area contributed by atoms with Gasteiger partial charge in [-0.15, -0.1) is 0 Å². The Morgan fingerprint density at radius 2 is 2.02 bits per heavy atom. The normalized spacial score (nSPS) is 31.4. The Balaban J connectivity index is 1.39. The van der Waals surface area contributed by atoms with Crippen LogP contribution in [0.15, 0.2) is 48.6 Å². The zero-order valence-electron chi connectivity index (χ0n) is 26.6. The minimum absolute atomic E-state index is 0.0650. The van der Waals surface area contributed by atoms with Crippen molar-refractivity contribution < 1.29 is 32.5 Å². The van der Waals surface area contributed by atoms with E-state index in [1.807, 2.05) is 12.1 Å². The van der Waals surface area contributed by atoms with Crippen LogP contribution in [-0.4, -0.2) is 76.9 Å². The highest BCUT2D eigenvalue weighted by Gasteiger charge is 2.44. The SMILES string of the molecule is CC[C@H]1[C@@H](OCCOC)C/C=C/[C@H](O)[C@@H]2CC[C@H]2CN2C[C@@]3(CCCc4cc(Cl)ccc43)COc3ccc(cc32)C(=O)NS1(=O)=O. The monoisotopic (exact) mass is 672 g/mol. The lowest BCUT2D eigenvalue weighted by Crippen LogP contribution is -2.49. The third-order valence-electron chi connectivity index (χ3n) is 10.4. The van der Waals surface area contributed by atoms with Gasteiger partial charge in [0, 0.05) is 36.2 Å². The summed E-state index contributed by atoms with van der Waals surface area (Å²) in [6, 6.07) is 11.3. The van der Waals surface area contributed by atoms with Crippen molar-refractivity contribution in [2.45, 2.75) is 74.7 Å². The molecule has 2 heterocycles. The Labute approximate surface area is 277 Å². The molecule has 2 aliphatic carbocycles. The number of amides is 1. The Bertz CT molecular complexity index is 1570. The molecule has 1 spiro atoms. The van der Waals surface area contributed by atoms with Gasteiger partial charge >= 0.3 is 0 Å². The molecule has 2 bridgehead atoms. The summed E-state index contributed by atoms with van der Waals surface area (Å²) in [5.41, 5.74) is 3.21. The van der Waals surface area contributed by atoms with Crippen molar-refractivity contribution in [2.24, 2.45) is 11.8 Å². The lowest BCUT2D eigenvalue weighted by Gasteiger charge is -2.45. The highest BCUT2D eigenvalue weighted by molar-refractivity contribution is 7.90. The number of hydrogen-bond donors (Lipinski definition) is 2.